The fraction of sp³-hybridized carbons (Fsp3) is 1.00. The van der Waals surface area contributed by atoms with Crippen LogP contribution < -0.4 is 5.73 Å². The summed E-state index contributed by atoms with van der Waals surface area (Å²) in [6, 6.07) is 0.457. The Morgan fingerprint density at radius 1 is 1.67 bits per heavy atom. The normalized spacial score (nSPS) is 34.0. The van der Waals surface area contributed by atoms with Crippen molar-refractivity contribution in [1.29, 1.82) is 0 Å². The molecule has 1 aliphatic heterocycles. The highest BCUT2D eigenvalue weighted by Gasteiger charge is 2.33. The number of nitrogens with zero attached hydrogens (tertiary/aromatic N) is 1. The second-order valence-corrected chi connectivity index (χ2v) is 4.02. The van der Waals surface area contributed by atoms with E-state index in [0.29, 0.717) is 12.6 Å². The van der Waals surface area contributed by atoms with Gasteiger partial charge in [0.2, 0.25) is 0 Å². The van der Waals surface area contributed by atoms with Crippen LogP contribution in [0, 0.1) is 0 Å². The van der Waals surface area contributed by atoms with E-state index in [-0.39, 0.29) is 0 Å². The topological polar surface area (TPSA) is 49.5 Å². The molecule has 0 saturated carbocycles. The van der Waals surface area contributed by atoms with Crippen LogP contribution in [0.3, 0.4) is 0 Å². The van der Waals surface area contributed by atoms with Crippen molar-refractivity contribution in [1.82, 2.24) is 4.90 Å². The Kier molecular flexibility index (Phi) is 3.09. The molecule has 1 aliphatic rings. The fourth-order valence-electron chi connectivity index (χ4n) is 1.87. The second kappa shape index (κ2) is 3.73. The summed E-state index contributed by atoms with van der Waals surface area (Å²) in [6.45, 7) is 6.51. The smallest absolute Gasteiger partial charge is 0.0758 e. The number of nitrogens with two attached hydrogens (primary N) is 1. The molecule has 0 radical (unpaired) electrons. The summed E-state index contributed by atoms with van der Waals surface area (Å²) in [5.41, 5.74) is 5.14. The molecule has 1 saturated heterocycles. The van der Waals surface area contributed by atoms with E-state index >= 15 is 0 Å². The summed E-state index contributed by atoms with van der Waals surface area (Å²) in [7, 11) is 0. The van der Waals surface area contributed by atoms with E-state index in [9.17, 15) is 5.11 Å². The van der Waals surface area contributed by atoms with Gasteiger partial charge in [0.15, 0.2) is 0 Å². The molecule has 0 aliphatic carbocycles. The van der Waals surface area contributed by atoms with Gasteiger partial charge in [-0.05, 0) is 19.8 Å². The number of hydrogen-bond donors (Lipinski definition) is 2. The number of aliphatic hydroxyl groups is 1. The molecule has 3 heteroatoms. The van der Waals surface area contributed by atoms with E-state index < -0.39 is 5.60 Å². The molecule has 3 nitrogen and oxygen atoms in total. The van der Waals surface area contributed by atoms with Crippen LogP contribution in [0.25, 0.3) is 0 Å². The van der Waals surface area contributed by atoms with Gasteiger partial charge in [0.05, 0.1) is 5.60 Å². The molecule has 1 heterocycles. The Bertz CT molecular complexity index is 143. The van der Waals surface area contributed by atoms with E-state index in [1.54, 1.807) is 0 Å². The second-order valence-electron chi connectivity index (χ2n) is 4.02. The number of hydrogen-bond acceptors (Lipinski definition) is 3. The maximum absolute atomic E-state index is 9.72. The van der Waals surface area contributed by atoms with Gasteiger partial charge in [-0.2, -0.15) is 0 Å². The Morgan fingerprint density at radius 3 is 2.67 bits per heavy atom. The third kappa shape index (κ3) is 2.19. The van der Waals surface area contributed by atoms with Gasteiger partial charge in [-0.25, -0.2) is 0 Å². The summed E-state index contributed by atoms with van der Waals surface area (Å²) in [6.07, 6.45) is 1.95. The van der Waals surface area contributed by atoms with Crippen LogP contribution in [0.1, 0.15) is 26.7 Å². The monoisotopic (exact) mass is 172 g/mol. The lowest BCUT2D eigenvalue weighted by molar-refractivity contribution is 0.0624. The van der Waals surface area contributed by atoms with E-state index in [1.807, 2.05) is 6.92 Å². The van der Waals surface area contributed by atoms with Crippen molar-refractivity contribution in [2.75, 3.05) is 19.6 Å². The summed E-state index contributed by atoms with van der Waals surface area (Å²) in [5.74, 6) is 0. The van der Waals surface area contributed by atoms with Crippen molar-refractivity contribution in [2.24, 2.45) is 5.73 Å². The summed E-state index contributed by atoms with van der Waals surface area (Å²) in [4.78, 5) is 2.29. The van der Waals surface area contributed by atoms with Crippen LogP contribution in [0.15, 0.2) is 0 Å². The first-order valence-electron chi connectivity index (χ1n) is 4.75. The lowest BCUT2D eigenvalue weighted by Gasteiger charge is -2.26. The molecule has 0 amide bonds. The van der Waals surface area contributed by atoms with Gasteiger partial charge in [0, 0.05) is 25.7 Å². The van der Waals surface area contributed by atoms with Crippen LogP contribution in [0.4, 0.5) is 0 Å². The van der Waals surface area contributed by atoms with Gasteiger partial charge in [-0.1, -0.05) is 6.92 Å². The molecule has 2 atom stereocenters. The van der Waals surface area contributed by atoms with Crippen molar-refractivity contribution in [2.45, 2.75) is 38.3 Å². The molecular weight excluding hydrogens is 152 g/mol. The van der Waals surface area contributed by atoms with Crippen molar-refractivity contribution < 1.29 is 5.11 Å². The minimum absolute atomic E-state index is 0.457. The van der Waals surface area contributed by atoms with Gasteiger partial charge >= 0.3 is 0 Å². The zero-order valence-electron chi connectivity index (χ0n) is 8.08. The van der Waals surface area contributed by atoms with Crippen molar-refractivity contribution >= 4 is 0 Å². The minimum Gasteiger partial charge on any atom is -0.389 e. The van der Waals surface area contributed by atoms with Gasteiger partial charge in [0.1, 0.15) is 0 Å². The van der Waals surface area contributed by atoms with Crippen LogP contribution >= 0.6 is 0 Å². The average molecular weight is 172 g/mol. The van der Waals surface area contributed by atoms with Crippen LogP contribution in [-0.4, -0.2) is 41.3 Å². The van der Waals surface area contributed by atoms with Gasteiger partial charge in [0.25, 0.3) is 0 Å². The summed E-state index contributed by atoms with van der Waals surface area (Å²) < 4.78 is 0. The molecule has 0 bridgehead atoms. The van der Waals surface area contributed by atoms with Crippen LogP contribution in [0.5, 0.6) is 0 Å². The third-order valence-electron chi connectivity index (χ3n) is 2.74. The van der Waals surface area contributed by atoms with Crippen molar-refractivity contribution in [3.05, 3.63) is 0 Å². The predicted molar refractivity (Wildman–Crippen MR) is 49.9 cm³/mol. The molecule has 0 aromatic heterocycles. The molecule has 2 unspecified atom stereocenters. The lowest BCUT2D eigenvalue weighted by Crippen LogP contribution is -2.40. The molecule has 72 valence electrons. The SMILES string of the molecule is CCC(CN)N1CCC(C)(O)C1. The minimum atomic E-state index is -0.484. The maximum Gasteiger partial charge on any atom is 0.0758 e. The zero-order valence-corrected chi connectivity index (χ0v) is 8.08. The lowest BCUT2D eigenvalue weighted by atomic mass is 10.1. The Labute approximate surface area is 74.5 Å². The van der Waals surface area contributed by atoms with E-state index in [2.05, 4.69) is 11.8 Å². The fourth-order valence-corrected chi connectivity index (χ4v) is 1.87. The molecule has 12 heavy (non-hydrogen) atoms. The molecule has 3 N–H and O–H groups in total. The zero-order chi connectivity index (χ0) is 9.19. The predicted octanol–water partition coefficient (Wildman–Crippen LogP) is 0.180. The number of rotatable bonds is 3. The highest BCUT2D eigenvalue weighted by atomic mass is 16.3. The first-order valence-corrected chi connectivity index (χ1v) is 4.75. The van der Waals surface area contributed by atoms with Gasteiger partial charge < -0.3 is 10.8 Å². The largest absolute Gasteiger partial charge is 0.389 e. The van der Waals surface area contributed by atoms with E-state index in [0.717, 1.165) is 25.9 Å². The molecule has 1 rings (SSSR count). The highest BCUT2D eigenvalue weighted by Crippen LogP contribution is 2.22. The van der Waals surface area contributed by atoms with Crippen LogP contribution in [-0.2, 0) is 0 Å². The Hall–Kier alpha value is -0.120. The van der Waals surface area contributed by atoms with Gasteiger partial charge in [-0.15, -0.1) is 0 Å². The highest BCUT2D eigenvalue weighted by molar-refractivity contribution is 4.89. The third-order valence-corrected chi connectivity index (χ3v) is 2.74. The standard InChI is InChI=1S/C9H20N2O/c1-3-8(6-10)11-5-4-9(2,12)7-11/h8,12H,3-7,10H2,1-2H3. The van der Waals surface area contributed by atoms with Crippen molar-refractivity contribution in [3.63, 3.8) is 0 Å². The first kappa shape index (κ1) is 9.96. The Morgan fingerprint density at radius 2 is 2.33 bits per heavy atom. The number of likely N-dealkylation sites (tertiary alicyclic amines) is 1. The summed E-state index contributed by atoms with van der Waals surface area (Å²) in [5, 5.41) is 9.72. The first-order chi connectivity index (χ1) is 5.59. The quantitative estimate of drug-likeness (QED) is 0.638. The van der Waals surface area contributed by atoms with E-state index in [1.165, 1.54) is 0 Å². The molecule has 0 spiro atoms. The molecular formula is C9H20N2O. The molecule has 0 aromatic carbocycles. The Balaban J connectivity index is 2.45. The summed E-state index contributed by atoms with van der Waals surface area (Å²) >= 11 is 0. The molecule has 0 aromatic rings. The number of β-amino-alcohol motifs (C(OH)–C–C–N with tert-alkyl or cyclic N) is 1. The van der Waals surface area contributed by atoms with Crippen molar-refractivity contribution in [3.8, 4) is 0 Å². The van der Waals surface area contributed by atoms with Gasteiger partial charge in [-0.3, -0.25) is 4.90 Å². The van der Waals surface area contributed by atoms with E-state index in [4.69, 9.17) is 5.73 Å². The van der Waals surface area contributed by atoms with Crippen LogP contribution in [0.2, 0.25) is 0 Å². The average Bonchev–Trinajstić information content (AvgIpc) is 2.34. The maximum atomic E-state index is 9.72. The molecule has 1 fully saturated rings.